The van der Waals surface area contributed by atoms with E-state index >= 15 is 0 Å². The maximum atomic E-state index is 11.7. The van der Waals surface area contributed by atoms with Crippen molar-refractivity contribution in [2.75, 3.05) is 16.4 Å². The zero-order chi connectivity index (χ0) is 19.8. The number of fused-ring (bicyclic) bond motifs is 1. The molecule has 9 heteroatoms. The van der Waals surface area contributed by atoms with Crippen molar-refractivity contribution >= 4 is 49.5 Å². The highest BCUT2D eigenvalue weighted by Gasteiger charge is 2.17. The molecule has 0 bridgehead atoms. The quantitative estimate of drug-likeness (QED) is 0.342. The Morgan fingerprint density at radius 2 is 1.81 bits per heavy atom. The van der Waals surface area contributed by atoms with E-state index in [0.29, 0.717) is 27.8 Å². The first kappa shape index (κ1) is 18.5. The summed E-state index contributed by atoms with van der Waals surface area (Å²) in [5.41, 5.74) is 7.15. The fourth-order valence-corrected chi connectivity index (χ4v) is 3.43. The van der Waals surface area contributed by atoms with Gasteiger partial charge in [0, 0.05) is 29.4 Å². The van der Waals surface area contributed by atoms with Crippen LogP contribution in [0.4, 0.5) is 22.7 Å². The van der Waals surface area contributed by atoms with Gasteiger partial charge in [-0.15, -0.1) is 0 Å². The molecule has 140 valence electrons. The number of hydrogen-bond donors (Lipinski definition) is 5. The zero-order valence-electron chi connectivity index (χ0n) is 14.2. The topological polar surface area (TPSA) is 142 Å². The smallest absolute Gasteiger partial charge is 0.296 e. The van der Waals surface area contributed by atoms with Gasteiger partial charge in [-0.1, -0.05) is 12.1 Å². The standard InChI is InChI=1S/C18H17N3O5S/c1-10(22)20-12-5-6-17(27(24,25)26)15(9-12)21-13-7-11-3-2-4-16(23)18(11)14(19)8-13/h2-9,21,23H,19H2,1H3,(H,20,22)(H,24,25,26). The van der Waals surface area contributed by atoms with E-state index in [1.54, 1.807) is 18.2 Å². The van der Waals surface area contributed by atoms with Crippen LogP contribution in [0.25, 0.3) is 10.8 Å². The molecule has 0 aliphatic carbocycles. The third-order valence-electron chi connectivity index (χ3n) is 3.84. The van der Waals surface area contributed by atoms with E-state index < -0.39 is 10.1 Å². The second-order valence-corrected chi connectivity index (χ2v) is 7.32. The average molecular weight is 387 g/mol. The van der Waals surface area contributed by atoms with E-state index in [0.717, 1.165) is 0 Å². The summed E-state index contributed by atoms with van der Waals surface area (Å²) in [6.07, 6.45) is 0. The van der Waals surface area contributed by atoms with Gasteiger partial charge >= 0.3 is 0 Å². The Morgan fingerprint density at radius 1 is 1.07 bits per heavy atom. The number of carbonyl (C=O) groups excluding carboxylic acids is 1. The maximum absolute atomic E-state index is 11.7. The Labute approximate surface area is 155 Å². The first-order valence-electron chi connectivity index (χ1n) is 7.82. The molecule has 0 aliphatic rings. The van der Waals surface area contributed by atoms with E-state index in [-0.39, 0.29) is 22.2 Å². The van der Waals surface area contributed by atoms with E-state index in [9.17, 15) is 22.9 Å². The molecule has 0 saturated heterocycles. The molecule has 1 amide bonds. The number of phenolic OH excluding ortho intramolecular Hbond substituents is 1. The highest BCUT2D eigenvalue weighted by atomic mass is 32.2. The van der Waals surface area contributed by atoms with Crippen molar-refractivity contribution in [2.24, 2.45) is 0 Å². The lowest BCUT2D eigenvalue weighted by Crippen LogP contribution is -2.08. The lowest BCUT2D eigenvalue weighted by atomic mass is 10.1. The molecule has 3 aromatic carbocycles. The highest BCUT2D eigenvalue weighted by Crippen LogP contribution is 2.35. The number of anilines is 4. The fraction of sp³-hybridized carbons (Fsp3) is 0.0556. The molecule has 0 heterocycles. The summed E-state index contributed by atoms with van der Waals surface area (Å²) in [6, 6.07) is 12.0. The van der Waals surface area contributed by atoms with E-state index in [1.807, 2.05) is 0 Å². The Bertz CT molecular complexity index is 1160. The summed E-state index contributed by atoms with van der Waals surface area (Å²) in [6.45, 7) is 1.32. The van der Waals surface area contributed by atoms with E-state index in [4.69, 9.17) is 5.73 Å². The number of aromatic hydroxyl groups is 1. The maximum Gasteiger partial charge on any atom is 0.296 e. The molecule has 0 radical (unpaired) electrons. The van der Waals surface area contributed by atoms with Gasteiger partial charge < -0.3 is 21.5 Å². The normalized spacial score (nSPS) is 11.3. The van der Waals surface area contributed by atoms with Gasteiger partial charge in [0.05, 0.1) is 5.69 Å². The first-order valence-corrected chi connectivity index (χ1v) is 9.26. The second-order valence-electron chi connectivity index (χ2n) is 5.93. The van der Waals surface area contributed by atoms with Crippen molar-refractivity contribution in [3.8, 4) is 5.75 Å². The van der Waals surface area contributed by atoms with Crippen LogP contribution in [0.1, 0.15) is 6.92 Å². The number of rotatable bonds is 4. The summed E-state index contributed by atoms with van der Waals surface area (Å²) >= 11 is 0. The third kappa shape index (κ3) is 3.94. The van der Waals surface area contributed by atoms with Gasteiger partial charge in [0.15, 0.2) is 0 Å². The largest absolute Gasteiger partial charge is 0.507 e. The summed E-state index contributed by atoms with van der Waals surface area (Å²) in [5.74, 6) is -0.297. The number of nitrogens with one attached hydrogen (secondary N) is 2. The first-order chi connectivity index (χ1) is 12.6. The molecule has 27 heavy (non-hydrogen) atoms. The van der Waals surface area contributed by atoms with Crippen LogP contribution in [-0.4, -0.2) is 24.0 Å². The Balaban J connectivity index is 2.11. The molecular formula is C18H17N3O5S. The van der Waals surface area contributed by atoms with Gasteiger partial charge in [-0.2, -0.15) is 8.42 Å². The van der Waals surface area contributed by atoms with Crippen LogP contribution in [0.3, 0.4) is 0 Å². The lowest BCUT2D eigenvalue weighted by Gasteiger charge is -2.14. The van der Waals surface area contributed by atoms with Gasteiger partial charge in [-0.3, -0.25) is 9.35 Å². The monoisotopic (exact) mass is 387 g/mol. The Hall–Kier alpha value is -3.30. The molecule has 0 atom stereocenters. The van der Waals surface area contributed by atoms with Crippen molar-refractivity contribution < 1.29 is 22.9 Å². The molecule has 0 unspecified atom stereocenters. The minimum atomic E-state index is -4.50. The van der Waals surface area contributed by atoms with Gasteiger partial charge in [-0.05, 0) is 41.8 Å². The molecule has 3 aromatic rings. The summed E-state index contributed by atoms with van der Waals surface area (Å²) in [7, 11) is -4.50. The molecule has 6 N–H and O–H groups in total. The number of phenols is 1. The van der Waals surface area contributed by atoms with Crippen molar-refractivity contribution in [3.05, 3.63) is 48.5 Å². The van der Waals surface area contributed by atoms with Crippen LogP contribution in [0.2, 0.25) is 0 Å². The molecule has 0 spiro atoms. The van der Waals surface area contributed by atoms with E-state index in [2.05, 4.69) is 10.6 Å². The molecule has 0 aromatic heterocycles. The predicted molar refractivity (Wildman–Crippen MR) is 104 cm³/mol. The lowest BCUT2D eigenvalue weighted by molar-refractivity contribution is -0.114. The van der Waals surface area contributed by atoms with Crippen molar-refractivity contribution in [1.29, 1.82) is 0 Å². The summed E-state index contributed by atoms with van der Waals surface area (Å²) in [5, 5.41) is 16.5. The van der Waals surface area contributed by atoms with Crippen LogP contribution in [-0.2, 0) is 14.9 Å². The van der Waals surface area contributed by atoms with Gasteiger partial charge in [-0.25, -0.2) is 0 Å². The number of hydrogen-bond acceptors (Lipinski definition) is 6. The van der Waals surface area contributed by atoms with Crippen LogP contribution in [0.5, 0.6) is 5.75 Å². The van der Waals surface area contributed by atoms with Crippen LogP contribution >= 0.6 is 0 Å². The molecule has 0 aliphatic heterocycles. The van der Waals surface area contributed by atoms with Crippen LogP contribution in [0, 0.1) is 0 Å². The predicted octanol–water partition coefficient (Wildman–Crippen LogP) is 3.08. The number of nitrogens with two attached hydrogens (primary N) is 1. The SMILES string of the molecule is CC(=O)Nc1ccc(S(=O)(=O)O)c(Nc2cc(N)c3c(O)cccc3c2)c1. The van der Waals surface area contributed by atoms with E-state index in [1.165, 1.54) is 37.3 Å². The summed E-state index contributed by atoms with van der Waals surface area (Å²) < 4.78 is 32.8. The number of benzene rings is 3. The van der Waals surface area contributed by atoms with Crippen molar-refractivity contribution in [2.45, 2.75) is 11.8 Å². The average Bonchev–Trinajstić information content (AvgIpc) is 2.53. The minimum Gasteiger partial charge on any atom is -0.507 e. The third-order valence-corrected chi connectivity index (χ3v) is 4.75. The Morgan fingerprint density at radius 3 is 2.48 bits per heavy atom. The number of amides is 1. The number of carbonyl (C=O) groups is 1. The molecule has 0 saturated carbocycles. The highest BCUT2D eigenvalue weighted by molar-refractivity contribution is 7.86. The summed E-state index contributed by atoms with van der Waals surface area (Å²) in [4.78, 5) is 10.9. The molecular weight excluding hydrogens is 370 g/mol. The van der Waals surface area contributed by atoms with Crippen molar-refractivity contribution in [3.63, 3.8) is 0 Å². The fourth-order valence-electron chi connectivity index (χ4n) is 2.80. The molecule has 0 fully saturated rings. The second kappa shape index (κ2) is 6.78. The van der Waals surface area contributed by atoms with Crippen molar-refractivity contribution in [1.82, 2.24) is 0 Å². The van der Waals surface area contributed by atoms with Crippen LogP contribution < -0.4 is 16.4 Å². The van der Waals surface area contributed by atoms with Gasteiger partial charge in [0.2, 0.25) is 5.91 Å². The Kier molecular flexibility index (Phi) is 4.64. The minimum absolute atomic E-state index is 0.0304. The number of nitrogen functional groups attached to an aromatic ring is 1. The van der Waals surface area contributed by atoms with Crippen LogP contribution in [0.15, 0.2) is 53.4 Å². The zero-order valence-corrected chi connectivity index (χ0v) is 15.0. The van der Waals surface area contributed by atoms with Gasteiger partial charge in [0.1, 0.15) is 10.6 Å². The molecule has 8 nitrogen and oxygen atoms in total. The molecule has 3 rings (SSSR count). The van der Waals surface area contributed by atoms with Gasteiger partial charge in [0.25, 0.3) is 10.1 Å².